The summed E-state index contributed by atoms with van der Waals surface area (Å²) >= 11 is 0. The number of aliphatic hydroxyl groups is 1. The summed E-state index contributed by atoms with van der Waals surface area (Å²) < 4.78 is 76.6. The molecule has 0 aromatic carbocycles. The van der Waals surface area contributed by atoms with Crippen LogP contribution in [-0.2, 0) is 66.3 Å². The smallest absolute Gasteiger partial charge is 0.0701 e. The Morgan fingerprint density at radius 3 is 0.544 bits per heavy atom. The fourth-order valence-corrected chi connectivity index (χ4v) is 5.07. The van der Waals surface area contributed by atoms with Crippen molar-refractivity contribution in [1.82, 2.24) is 0 Å². The van der Waals surface area contributed by atoms with Crippen molar-refractivity contribution in [1.29, 1.82) is 0 Å². The number of hydrogen-bond donors (Lipinski definition) is 1. The average molecular weight is 831 g/mol. The summed E-state index contributed by atoms with van der Waals surface area (Å²) in [5.41, 5.74) is 0. The summed E-state index contributed by atoms with van der Waals surface area (Å²) in [4.78, 5) is 0. The SMILES string of the molecule is CCCCCCCCCCCCCCOCCOCCOCCOCCOCCOCCOCCOCCOCCOCCOCCOCCOCCOCCO. The minimum Gasteiger partial charge on any atom is -0.394 e. The van der Waals surface area contributed by atoms with Crippen LogP contribution in [0.25, 0.3) is 0 Å². The number of rotatable bonds is 54. The molecule has 0 spiro atoms. The zero-order valence-corrected chi connectivity index (χ0v) is 36.2. The quantitative estimate of drug-likeness (QED) is 0.0827. The highest BCUT2D eigenvalue weighted by Gasteiger charge is 1.98. The number of aliphatic hydroxyl groups excluding tert-OH is 1. The lowest BCUT2D eigenvalue weighted by molar-refractivity contribution is -0.0297. The third-order valence-electron chi connectivity index (χ3n) is 8.21. The molecule has 15 nitrogen and oxygen atoms in total. The largest absolute Gasteiger partial charge is 0.394 e. The molecule has 0 heterocycles. The molecule has 0 fully saturated rings. The predicted octanol–water partition coefficient (Wildman–Crippen LogP) is 4.91. The van der Waals surface area contributed by atoms with E-state index in [1.165, 1.54) is 70.6 Å². The minimum atomic E-state index is 0.0246. The van der Waals surface area contributed by atoms with Gasteiger partial charge in [-0.25, -0.2) is 0 Å². The third kappa shape index (κ3) is 55.4. The summed E-state index contributed by atoms with van der Waals surface area (Å²) in [5.74, 6) is 0. The third-order valence-corrected chi connectivity index (χ3v) is 8.21. The first-order valence-electron chi connectivity index (χ1n) is 22.1. The molecule has 0 saturated carbocycles. The van der Waals surface area contributed by atoms with E-state index >= 15 is 0 Å². The predicted molar refractivity (Wildman–Crippen MR) is 220 cm³/mol. The van der Waals surface area contributed by atoms with Gasteiger partial charge in [0, 0.05) is 6.61 Å². The second-order valence-corrected chi connectivity index (χ2v) is 13.2. The molecule has 0 amide bonds. The second-order valence-electron chi connectivity index (χ2n) is 13.2. The van der Waals surface area contributed by atoms with Crippen molar-refractivity contribution in [3.63, 3.8) is 0 Å². The summed E-state index contributed by atoms with van der Waals surface area (Å²) in [6.07, 6.45) is 16.3. The van der Waals surface area contributed by atoms with Gasteiger partial charge in [0.15, 0.2) is 0 Å². The lowest BCUT2D eigenvalue weighted by Crippen LogP contribution is -2.15. The zero-order chi connectivity index (χ0) is 40.9. The second kappa shape index (κ2) is 55.4. The van der Waals surface area contributed by atoms with Crippen molar-refractivity contribution in [2.45, 2.75) is 84.0 Å². The molecule has 0 aliphatic heterocycles. The van der Waals surface area contributed by atoms with Crippen molar-refractivity contribution in [3.05, 3.63) is 0 Å². The Balaban J connectivity index is 3.05. The maximum Gasteiger partial charge on any atom is 0.0701 e. The highest BCUT2D eigenvalue weighted by molar-refractivity contribution is 4.49. The Hall–Kier alpha value is -0.600. The van der Waals surface area contributed by atoms with Gasteiger partial charge in [-0.3, -0.25) is 0 Å². The van der Waals surface area contributed by atoms with Gasteiger partial charge < -0.3 is 71.4 Å². The van der Waals surface area contributed by atoms with Crippen LogP contribution in [0.1, 0.15) is 84.0 Å². The van der Waals surface area contributed by atoms with Crippen LogP contribution in [0.15, 0.2) is 0 Å². The highest BCUT2D eigenvalue weighted by atomic mass is 16.6. The fraction of sp³-hybridized carbons (Fsp3) is 1.00. The lowest BCUT2D eigenvalue weighted by atomic mass is 10.1. The molecule has 344 valence electrons. The maximum atomic E-state index is 8.60. The molecule has 0 aromatic heterocycles. The molecule has 0 rings (SSSR count). The Morgan fingerprint density at radius 2 is 0.351 bits per heavy atom. The van der Waals surface area contributed by atoms with Crippen LogP contribution in [0.5, 0.6) is 0 Å². The van der Waals surface area contributed by atoms with Gasteiger partial charge in [0.1, 0.15) is 0 Å². The van der Waals surface area contributed by atoms with E-state index < -0.39 is 0 Å². The average Bonchev–Trinajstić information content (AvgIpc) is 3.22. The molecule has 0 aliphatic carbocycles. The Bertz CT molecular complexity index is 629. The van der Waals surface area contributed by atoms with Crippen molar-refractivity contribution in [2.24, 2.45) is 0 Å². The maximum absolute atomic E-state index is 8.60. The van der Waals surface area contributed by atoms with Crippen LogP contribution >= 0.6 is 0 Å². The monoisotopic (exact) mass is 831 g/mol. The van der Waals surface area contributed by atoms with Crippen LogP contribution in [0.3, 0.4) is 0 Å². The van der Waals surface area contributed by atoms with Crippen molar-refractivity contribution < 1.29 is 71.4 Å². The standard InChI is InChI=1S/C42H86O15/c1-2-3-4-5-6-7-8-9-10-11-12-13-15-44-17-19-46-21-23-48-25-27-50-29-31-52-33-35-54-37-39-56-41-42-57-40-38-55-36-34-53-32-30-51-28-26-49-24-22-47-20-18-45-16-14-43/h43H,2-42H2,1H3. The van der Waals surface area contributed by atoms with E-state index in [1.807, 2.05) is 0 Å². The molecule has 57 heavy (non-hydrogen) atoms. The number of unbranched alkanes of at least 4 members (excludes halogenated alkanes) is 11. The fourth-order valence-electron chi connectivity index (χ4n) is 5.07. The number of ether oxygens (including phenoxy) is 14. The highest BCUT2D eigenvalue weighted by Crippen LogP contribution is 2.12. The molecule has 15 heteroatoms. The van der Waals surface area contributed by atoms with Gasteiger partial charge in [0.25, 0.3) is 0 Å². The zero-order valence-electron chi connectivity index (χ0n) is 36.2. The molecular weight excluding hydrogens is 744 g/mol. The van der Waals surface area contributed by atoms with Crippen LogP contribution in [0, 0.1) is 0 Å². The first-order valence-corrected chi connectivity index (χ1v) is 22.1. The molecule has 1 N–H and O–H groups in total. The summed E-state index contributed by atoms with van der Waals surface area (Å²) in [6, 6.07) is 0. The lowest BCUT2D eigenvalue weighted by Gasteiger charge is -2.09. The summed E-state index contributed by atoms with van der Waals surface area (Å²) in [7, 11) is 0. The molecule has 0 atom stereocenters. The Labute approximate surface area is 346 Å². The van der Waals surface area contributed by atoms with E-state index in [9.17, 15) is 0 Å². The van der Waals surface area contributed by atoms with E-state index in [-0.39, 0.29) is 6.61 Å². The van der Waals surface area contributed by atoms with Gasteiger partial charge in [-0.15, -0.1) is 0 Å². The van der Waals surface area contributed by atoms with Crippen LogP contribution < -0.4 is 0 Å². The first kappa shape index (κ1) is 56.4. The van der Waals surface area contributed by atoms with Gasteiger partial charge in [0.2, 0.25) is 0 Å². The Morgan fingerprint density at radius 1 is 0.193 bits per heavy atom. The van der Waals surface area contributed by atoms with Crippen LogP contribution in [-0.4, -0.2) is 197 Å². The van der Waals surface area contributed by atoms with Gasteiger partial charge in [-0.1, -0.05) is 77.6 Å². The van der Waals surface area contributed by atoms with E-state index in [1.54, 1.807) is 0 Å². The van der Waals surface area contributed by atoms with Crippen LogP contribution in [0.2, 0.25) is 0 Å². The normalized spacial score (nSPS) is 11.7. The van der Waals surface area contributed by atoms with E-state index in [4.69, 9.17) is 71.4 Å². The molecule has 0 radical (unpaired) electrons. The van der Waals surface area contributed by atoms with E-state index in [2.05, 4.69) is 6.92 Å². The molecule has 0 aromatic rings. The van der Waals surface area contributed by atoms with Gasteiger partial charge >= 0.3 is 0 Å². The topological polar surface area (TPSA) is 149 Å². The van der Waals surface area contributed by atoms with E-state index in [0.717, 1.165) is 13.0 Å². The van der Waals surface area contributed by atoms with Crippen LogP contribution in [0.4, 0.5) is 0 Å². The van der Waals surface area contributed by atoms with Crippen molar-refractivity contribution in [3.8, 4) is 0 Å². The number of hydrogen-bond acceptors (Lipinski definition) is 15. The van der Waals surface area contributed by atoms with E-state index in [0.29, 0.717) is 178 Å². The van der Waals surface area contributed by atoms with Gasteiger partial charge in [0.05, 0.1) is 185 Å². The van der Waals surface area contributed by atoms with Gasteiger partial charge in [-0.05, 0) is 6.42 Å². The van der Waals surface area contributed by atoms with Gasteiger partial charge in [-0.2, -0.15) is 0 Å². The molecule has 0 bridgehead atoms. The molecule has 0 unspecified atom stereocenters. The molecule has 0 aliphatic rings. The Kier molecular flexibility index (Phi) is 54.8. The molecule has 0 saturated heterocycles. The summed E-state index contributed by atoms with van der Waals surface area (Å²) in [6.45, 7) is 17.0. The first-order chi connectivity index (χ1) is 28.4. The minimum absolute atomic E-state index is 0.0246. The van der Waals surface area contributed by atoms with Crippen molar-refractivity contribution >= 4 is 0 Å². The summed E-state index contributed by atoms with van der Waals surface area (Å²) in [5, 5.41) is 8.60. The van der Waals surface area contributed by atoms with Crippen molar-refractivity contribution in [2.75, 3.05) is 192 Å². The molecular formula is C42H86O15.